The van der Waals surface area contributed by atoms with E-state index in [1.807, 2.05) is 0 Å². The van der Waals surface area contributed by atoms with Crippen molar-refractivity contribution in [2.75, 3.05) is 0 Å². The van der Waals surface area contributed by atoms with Gasteiger partial charge in [-0.2, -0.15) is 0 Å². The Hall–Kier alpha value is -0.920. The van der Waals surface area contributed by atoms with Crippen LogP contribution in [-0.2, 0) is 9.59 Å². The Morgan fingerprint density at radius 1 is 1.42 bits per heavy atom. The molecule has 4 atom stereocenters. The van der Waals surface area contributed by atoms with Crippen LogP contribution < -0.4 is 0 Å². The molecule has 2 aliphatic carbocycles. The first-order chi connectivity index (χ1) is 5.74. The number of ketones is 1. The Morgan fingerprint density at radius 3 is 2.58 bits per heavy atom. The number of Topliss-reactive ketones (excluding diaryl/α,β-unsaturated/α-hetero) is 1. The molecule has 2 rings (SSSR count). The number of allylic oxidation sites excluding steroid dienone is 2. The number of carbonyl (C=O) groups excluding carboxylic acids is 2. The zero-order valence-corrected chi connectivity index (χ0v) is 7.07. The maximum absolute atomic E-state index is 11.2. The summed E-state index contributed by atoms with van der Waals surface area (Å²) in [6.45, 7) is 1.59. The molecule has 2 aliphatic rings. The van der Waals surface area contributed by atoms with Crippen molar-refractivity contribution in [1.29, 1.82) is 0 Å². The monoisotopic (exact) mass is 164 g/mol. The smallest absolute Gasteiger partial charge is 0.134 e. The highest BCUT2D eigenvalue weighted by atomic mass is 16.1. The van der Waals surface area contributed by atoms with Gasteiger partial charge in [-0.1, -0.05) is 12.2 Å². The van der Waals surface area contributed by atoms with E-state index in [2.05, 4.69) is 12.2 Å². The summed E-state index contributed by atoms with van der Waals surface area (Å²) in [7, 11) is 0. The van der Waals surface area contributed by atoms with E-state index in [0.29, 0.717) is 11.8 Å². The first-order valence-electron chi connectivity index (χ1n) is 4.38. The third-order valence-electron chi connectivity index (χ3n) is 3.15. The molecule has 1 saturated carbocycles. The van der Waals surface area contributed by atoms with Crippen LogP contribution in [0.4, 0.5) is 0 Å². The number of rotatable bonds is 2. The molecule has 1 fully saturated rings. The van der Waals surface area contributed by atoms with Crippen LogP contribution in [0.25, 0.3) is 0 Å². The van der Waals surface area contributed by atoms with Crippen molar-refractivity contribution >= 4 is 12.1 Å². The van der Waals surface area contributed by atoms with E-state index in [-0.39, 0.29) is 17.6 Å². The lowest BCUT2D eigenvalue weighted by Gasteiger charge is -2.20. The van der Waals surface area contributed by atoms with Gasteiger partial charge in [0, 0.05) is 11.8 Å². The quantitative estimate of drug-likeness (QED) is 0.454. The molecule has 0 N–H and O–H groups in total. The number of hydrogen-bond donors (Lipinski definition) is 0. The van der Waals surface area contributed by atoms with Crippen LogP contribution in [0.3, 0.4) is 0 Å². The van der Waals surface area contributed by atoms with Crippen molar-refractivity contribution in [3.8, 4) is 0 Å². The molecule has 12 heavy (non-hydrogen) atoms. The number of fused-ring (bicyclic) bond motifs is 2. The van der Waals surface area contributed by atoms with Gasteiger partial charge < -0.3 is 4.79 Å². The van der Waals surface area contributed by atoms with Crippen molar-refractivity contribution in [2.45, 2.75) is 13.3 Å². The summed E-state index contributed by atoms with van der Waals surface area (Å²) in [4.78, 5) is 21.9. The van der Waals surface area contributed by atoms with Gasteiger partial charge in [0.1, 0.15) is 12.1 Å². The minimum atomic E-state index is -0.0301. The highest BCUT2D eigenvalue weighted by molar-refractivity contribution is 5.83. The van der Waals surface area contributed by atoms with Crippen LogP contribution in [0.15, 0.2) is 12.2 Å². The Bertz CT molecular complexity index is 255. The minimum absolute atomic E-state index is 0.0162. The van der Waals surface area contributed by atoms with E-state index in [0.717, 1.165) is 12.7 Å². The standard InChI is InChI=1S/C10H12O2/c1-6(12)10-8-3-2-7(4-8)9(10)5-11/h2-3,5,7-10H,4H2,1H3/t7-,8?,9?,10?/m1/s1. The second-order valence-electron chi connectivity index (χ2n) is 3.80. The van der Waals surface area contributed by atoms with Gasteiger partial charge in [-0.15, -0.1) is 0 Å². The summed E-state index contributed by atoms with van der Waals surface area (Å²) in [5, 5.41) is 0. The van der Waals surface area contributed by atoms with Crippen molar-refractivity contribution in [1.82, 2.24) is 0 Å². The second-order valence-corrected chi connectivity index (χ2v) is 3.80. The maximum atomic E-state index is 11.2. The largest absolute Gasteiger partial charge is 0.303 e. The SMILES string of the molecule is CC(=O)C1C2C=C[C@H](C2)C1C=O. The summed E-state index contributed by atoms with van der Waals surface area (Å²) in [5.74, 6) is 0.822. The molecule has 2 bridgehead atoms. The predicted octanol–water partition coefficient (Wildman–Crippen LogP) is 1.21. The van der Waals surface area contributed by atoms with E-state index < -0.39 is 0 Å². The van der Waals surface area contributed by atoms with E-state index in [4.69, 9.17) is 0 Å². The lowest BCUT2D eigenvalue weighted by molar-refractivity contribution is -0.126. The van der Waals surface area contributed by atoms with E-state index in [1.54, 1.807) is 6.92 Å². The molecule has 64 valence electrons. The van der Waals surface area contributed by atoms with Crippen molar-refractivity contribution in [3.05, 3.63) is 12.2 Å². The van der Waals surface area contributed by atoms with Crippen LogP contribution in [0.2, 0.25) is 0 Å². The Kier molecular flexibility index (Phi) is 1.63. The Labute approximate surface area is 71.6 Å². The van der Waals surface area contributed by atoms with Crippen LogP contribution in [-0.4, -0.2) is 12.1 Å². The van der Waals surface area contributed by atoms with Gasteiger partial charge in [-0.3, -0.25) is 4.79 Å². The first-order valence-corrected chi connectivity index (χ1v) is 4.38. The molecule has 0 amide bonds. The summed E-state index contributed by atoms with van der Waals surface area (Å²) < 4.78 is 0. The number of aldehydes is 1. The molecule has 0 aromatic rings. The fourth-order valence-corrected chi connectivity index (χ4v) is 2.62. The van der Waals surface area contributed by atoms with Gasteiger partial charge in [-0.25, -0.2) is 0 Å². The second kappa shape index (κ2) is 2.54. The maximum Gasteiger partial charge on any atom is 0.134 e. The highest BCUT2D eigenvalue weighted by Crippen LogP contribution is 2.47. The normalized spacial score (nSPS) is 43.4. The summed E-state index contributed by atoms with van der Waals surface area (Å²) in [6.07, 6.45) is 6.15. The fraction of sp³-hybridized carbons (Fsp3) is 0.600. The molecule has 3 unspecified atom stereocenters. The molecule has 2 nitrogen and oxygen atoms in total. The lowest BCUT2D eigenvalue weighted by Crippen LogP contribution is -2.26. The topological polar surface area (TPSA) is 34.1 Å². The fourth-order valence-electron chi connectivity index (χ4n) is 2.62. The average molecular weight is 164 g/mol. The van der Waals surface area contributed by atoms with Crippen LogP contribution in [0, 0.1) is 23.7 Å². The van der Waals surface area contributed by atoms with Gasteiger partial charge in [0.05, 0.1) is 0 Å². The molecule has 0 saturated heterocycles. The van der Waals surface area contributed by atoms with Crippen molar-refractivity contribution < 1.29 is 9.59 Å². The molecule has 0 radical (unpaired) electrons. The summed E-state index contributed by atoms with van der Waals surface area (Å²) in [5.41, 5.74) is 0. The zero-order chi connectivity index (χ0) is 8.72. The first kappa shape index (κ1) is 7.71. The van der Waals surface area contributed by atoms with Gasteiger partial charge in [-0.05, 0) is 25.2 Å². The van der Waals surface area contributed by atoms with Gasteiger partial charge in [0.25, 0.3) is 0 Å². The highest BCUT2D eigenvalue weighted by Gasteiger charge is 2.46. The van der Waals surface area contributed by atoms with E-state index >= 15 is 0 Å². The predicted molar refractivity (Wildman–Crippen MR) is 44.5 cm³/mol. The molecular formula is C10H12O2. The van der Waals surface area contributed by atoms with Crippen molar-refractivity contribution in [3.63, 3.8) is 0 Å². The van der Waals surface area contributed by atoms with Gasteiger partial charge in [0.2, 0.25) is 0 Å². The van der Waals surface area contributed by atoms with E-state index in [1.165, 1.54) is 0 Å². The Balaban J connectivity index is 2.28. The molecular weight excluding hydrogens is 152 g/mol. The molecule has 0 aliphatic heterocycles. The third-order valence-corrected chi connectivity index (χ3v) is 3.15. The lowest BCUT2D eigenvalue weighted by atomic mass is 9.82. The Morgan fingerprint density at radius 2 is 2.08 bits per heavy atom. The number of carbonyl (C=O) groups is 2. The minimum Gasteiger partial charge on any atom is -0.303 e. The molecule has 2 heteroatoms. The molecule has 0 aromatic heterocycles. The molecule has 0 spiro atoms. The van der Waals surface area contributed by atoms with Crippen LogP contribution in [0.5, 0.6) is 0 Å². The van der Waals surface area contributed by atoms with E-state index in [9.17, 15) is 9.59 Å². The summed E-state index contributed by atoms with van der Waals surface area (Å²) in [6, 6.07) is 0. The van der Waals surface area contributed by atoms with Gasteiger partial charge >= 0.3 is 0 Å². The average Bonchev–Trinajstić information content (AvgIpc) is 2.60. The summed E-state index contributed by atoms with van der Waals surface area (Å²) >= 11 is 0. The van der Waals surface area contributed by atoms with Gasteiger partial charge in [0.15, 0.2) is 0 Å². The molecule has 0 heterocycles. The number of hydrogen-bond acceptors (Lipinski definition) is 2. The van der Waals surface area contributed by atoms with Crippen LogP contribution >= 0.6 is 0 Å². The zero-order valence-electron chi connectivity index (χ0n) is 7.07. The van der Waals surface area contributed by atoms with Crippen LogP contribution in [0.1, 0.15) is 13.3 Å². The molecule has 0 aromatic carbocycles. The third kappa shape index (κ3) is 0.872. The van der Waals surface area contributed by atoms with Crippen molar-refractivity contribution in [2.24, 2.45) is 23.7 Å².